The first kappa shape index (κ1) is 22.9. The molecule has 33 heavy (non-hydrogen) atoms. The van der Waals surface area contributed by atoms with Crippen molar-refractivity contribution >= 4 is 39.5 Å². The van der Waals surface area contributed by atoms with Gasteiger partial charge in [0.15, 0.2) is 0 Å². The average molecular weight is 460 g/mol. The molecule has 0 saturated carbocycles. The molecule has 2 aromatic heterocycles. The van der Waals surface area contributed by atoms with Gasteiger partial charge in [-0.2, -0.15) is 0 Å². The highest BCUT2D eigenvalue weighted by molar-refractivity contribution is 7.12. The largest absolute Gasteiger partial charge is 0.383 e. The molecule has 0 aliphatic rings. The van der Waals surface area contributed by atoms with E-state index in [-0.39, 0.29) is 0 Å². The zero-order valence-corrected chi connectivity index (χ0v) is 19.6. The molecule has 0 fully saturated rings. The van der Waals surface area contributed by atoms with Crippen molar-refractivity contribution in [1.29, 1.82) is 0 Å². The van der Waals surface area contributed by atoms with Crippen LogP contribution in [0.2, 0.25) is 0 Å². The number of hydrogen-bond acceptors (Lipinski definition) is 5. The SMILES string of the molecule is CCCCCNCCn1c(-c2ccc(N=O)cc2)cc2cc(N=C(N)c3cccs3)ccc21. The van der Waals surface area contributed by atoms with Gasteiger partial charge in [0.1, 0.15) is 11.5 Å². The van der Waals surface area contributed by atoms with Crippen molar-refractivity contribution in [3.63, 3.8) is 0 Å². The summed E-state index contributed by atoms with van der Waals surface area (Å²) < 4.78 is 2.32. The second-order valence-electron chi connectivity index (χ2n) is 7.99. The van der Waals surface area contributed by atoms with E-state index in [1.54, 1.807) is 23.5 Å². The molecule has 6 nitrogen and oxygen atoms in total. The fourth-order valence-corrected chi connectivity index (χ4v) is 4.56. The lowest BCUT2D eigenvalue weighted by molar-refractivity contribution is 0.578. The van der Waals surface area contributed by atoms with Crippen molar-refractivity contribution in [1.82, 2.24) is 9.88 Å². The molecule has 4 aromatic rings. The van der Waals surface area contributed by atoms with Crippen LogP contribution < -0.4 is 11.1 Å². The van der Waals surface area contributed by atoms with Crippen LogP contribution in [-0.2, 0) is 6.54 Å². The third kappa shape index (κ3) is 5.56. The summed E-state index contributed by atoms with van der Waals surface area (Å²) in [5, 5.41) is 9.68. The van der Waals surface area contributed by atoms with E-state index < -0.39 is 0 Å². The smallest absolute Gasteiger partial charge is 0.141 e. The van der Waals surface area contributed by atoms with Crippen LogP contribution in [0.3, 0.4) is 0 Å². The van der Waals surface area contributed by atoms with Gasteiger partial charge in [0.2, 0.25) is 0 Å². The molecule has 0 unspecified atom stereocenters. The summed E-state index contributed by atoms with van der Waals surface area (Å²) in [5.74, 6) is 0.525. The molecule has 0 atom stereocenters. The van der Waals surface area contributed by atoms with Crippen LogP contribution in [0.4, 0.5) is 11.4 Å². The topological polar surface area (TPSA) is 84.8 Å². The molecule has 2 heterocycles. The fourth-order valence-electron chi connectivity index (χ4n) is 3.94. The van der Waals surface area contributed by atoms with Gasteiger partial charge in [-0.3, -0.25) is 0 Å². The van der Waals surface area contributed by atoms with E-state index in [0.717, 1.165) is 52.4 Å². The Bertz CT molecular complexity index is 1230. The van der Waals surface area contributed by atoms with Crippen molar-refractivity contribution in [3.05, 3.63) is 75.8 Å². The van der Waals surface area contributed by atoms with Crippen LogP contribution in [0.15, 0.2) is 76.2 Å². The number of aliphatic imine (C=N–C) groups is 1. The summed E-state index contributed by atoms with van der Waals surface area (Å²) in [6.07, 6.45) is 3.67. The van der Waals surface area contributed by atoms with Gasteiger partial charge in [-0.15, -0.1) is 16.2 Å². The molecule has 2 aromatic carbocycles. The number of thiophene rings is 1. The van der Waals surface area contributed by atoms with Crippen LogP contribution in [-0.4, -0.2) is 23.5 Å². The van der Waals surface area contributed by atoms with Crippen LogP contribution >= 0.6 is 11.3 Å². The molecule has 0 saturated heterocycles. The van der Waals surface area contributed by atoms with Crippen molar-refractivity contribution in [2.24, 2.45) is 15.9 Å². The van der Waals surface area contributed by atoms with E-state index >= 15 is 0 Å². The maximum atomic E-state index is 10.8. The minimum Gasteiger partial charge on any atom is -0.383 e. The monoisotopic (exact) mass is 459 g/mol. The first-order valence-corrected chi connectivity index (χ1v) is 12.2. The summed E-state index contributed by atoms with van der Waals surface area (Å²) in [5.41, 5.74) is 10.8. The lowest BCUT2D eigenvalue weighted by atomic mass is 10.1. The molecule has 4 rings (SSSR count). The molecule has 7 heteroatoms. The van der Waals surface area contributed by atoms with Crippen molar-refractivity contribution in [3.8, 4) is 11.3 Å². The third-order valence-electron chi connectivity index (χ3n) is 5.65. The molecule has 0 aliphatic heterocycles. The predicted molar refractivity (Wildman–Crippen MR) is 140 cm³/mol. The van der Waals surface area contributed by atoms with Gasteiger partial charge < -0.3 is 15.6 Å². The number of nitroso groups, excluding NO2 is 1. The normalized spacial score (nSPS) is 11.8. The van der Waals surface area contributed by atoms with E-state index in [4.69, 9.17) is 5.73 Å². The number of aromatic nitrogens is 1. The van der Waals surface area contributed by atoms with Gasteiger partial charge in [0, 0.05) is 29.7 Å². The number of unbranched alkanes of at least 4 members (excludes halogenated alkanes) is 2. The van der Waals surface area contributed by atoms with Gasteiger partial charge in [-0.25, -0.2) is 4.99 Å². The molecule has 0 spiro atoms. The highest BCUT2D eigenvalue weighted by Gasteiger charge is 2.12. The number of rotatable bonds is 11. The van der Waals surface area contributed by atoms with E-state index in [2.05, 4.69) is 45.2 Å². The second-order valence-corrected chi connectivity index (χ2v) is 8.94. The van der Waals surface area contributed by atoms with Crippen LogP contribution in [0.25, 0.3) is 22.2 Å². The molecule has 0 aliphatic carbocycles. The highest BCUT2D eigenvalue weighted by atomic mass is 32.1. The van der Waals surface area contributed by atoms with Gasteiger partial charge in [0.25, 0.3) is 0 Å². The van der Waals surface area contributed by atoms with Crippen molar-refractivity contribution < 1.29 is 0 Å². The Morgan fingerprint density at radius 2 is 1.85 bits per heavy atom. The molecule has 0 bridgehead atoms. The van der Waals surface area contributed by atoms with Crippen molar-refractivity contribution in [2.75, 3.05) is 13.1 Å². The van der Waals surface area contributed by atoms with Crippen LogP contribution in [0.5, 0.6) is 0 Å². The minimum atomic E-state index is 0.430. The molecular formula is C26H29N5OS. The zero-order valence-electron chi connectivity index (χ0n) is 18.8. The van der Waals surface area contributed by atoms with E-state index in [1.807, 2.05) is 35.7 Å². The summed E-state index contributed by atoms with van der Waals surface area (Å²) in [4.78, 5) is 16.4. The molecular weight excluding hydrogens is 430 g/mol. The Balaban J connectivity index is 1.65. The van der Waals surface area contributed by atoms with Gasteiger partial charge in [0.05, 0.1) is 10.6 Å². The van der Waals surface area contributed by atoms with Crippen molar-refractivity contribution in [2.45, 2.75) is 32.7 Å². The summed E-state index contributed by atoms with van der Waals surface area (Å²) in [6.45, 7) is 4.98. The summed E-state index contributed by atoms with van der Waals surface area (Å²) in [7, 11) is 0. The fraction of sp³-hybridized carbons (Fsp3) is 0.269. The maximum Gasteiger partial charge on any atom is 0.141 e. The Hall–Kier alpha value is -3.29. The van der Waals surface area contributed by atoms with Crippen LogP contribution in [0, 0.1) is 4.91 Å². The Morgan fingerprint density at radius 3 is 2.58 bits per heavy atom. The quantitative estimate of drug-likeness (QED) is 0.115. The van der Waals surface area contributed by atoms with Gasteiger partial charge in [-0.1, -0.05) is 38.0 Å². The van der Waals surface area contributed by atoms with Gasteiger partial charge in [-0.05, 0) is 71.6 Å². The number of nitrogens with two attached hydrogens (primary N) is 1. The number of nitrogens with zero attached hydrogens (tertiary/aromatic N) is 3. The number of benzene rings is 2. The third-order valence-corrected chi connectivity index (χ3v) is 6.54. The Labute approximate surface area is 198 Å². The first-order valence-electron chi connectivity index (χ1n) is 11.4. The van der Waals surface area contributed by atoms with E-state index in [1.165, 1.54) is 19.3 Å². The number of hydrogen-bond donors (Lipinski definition) is 2. The number of amidine groups is 1. The summed E-state index contributed by atoms with van der Waals surface area (Å²) >= 11 is 1.58. The second kappa shape index (κ2) is 11.0. The standard InChI is InChI=1S/C26H29N5OS/c1-2-3-4-13-28-14-15-31-23-12-11-22(29-26(27)25-6-5-16-33-25)17-20(23)18-24(31)19-7-9-21(30-32)10-8-19/h5-12,16-18,28H,2-4,13-15H2,1H3,(H2,27,29). The number of fused-ring (bicyclic) bond motifs is 1. The minimum absolute atomic E-state index is 0.430. The maximum absolute atomic E-state index is 10.8. The van der Waals surface area contributed by atoms with Crippen LogP contribution in [0.1, 0.15) is 31.1 Å². The Kier molecular flexibility index (Phi) is 7.65. The Morgan fingerprint density at radius 1 is 1.03 bits per heavy atom. The molecule has 170 valence electrons. The van der Waals surface area contributed by atoms with E-state index in [9.17, 15) is 4.91 Å². The predicted octanol–water partition coefficient (Wildman–Crippen LogP) is 6.58. The zero-order chi connectivity index (χ0) is 23.0. The number of nitrogens with one attached hydrogen (secondary N) is 1. The van der Waals surface area contributed by atoms with Gasteiger partial charge >= 0.3 is 0 Å². The lowest BCUT2D eigenvalue weighted by Crippen LogP contribution is -2.21. The molecule has 0 amide bonds. The molecule has 0 radical (unpaired) electrons. The summed E-state index contributed by atoms with van der Waals surface area (Å²) in [6, 6.07) is 19.7. The lowest BCUT2D eigenvalue weighted by Gasteiger charge is -2.12. The highest BCUT2D eigenvalue weighted by Crippen LogP contribution is 2.32. The molecule has 3 N–H and O–H groups in total. The first-order chi connectivity index (χ1) is 16.2. The van der Waals surface area contributed by atoms with E-state index in [0.29, 0.717) is 11.5 Å². The average Bonchev–Trinajstić information content (AvgIpc) is 3.50.